The fourth-order valence-corrected chi connectivity index (χ4v) is 3.45. The number of rotatable bonds is 4. The number of nitrogens with two attached hydrogens (primary N) is 1. The van der Waals surface area contributed by atoms with Gasteiger partial charge in [-0.2, -0.15) is 0 Å². The van der Waals surface area contributed by atoms with Crippen molar-refractivity contribution in [2.45, 2.75) is 38.8 Å². The van der Waals surface area contributed by atoms with Gasteiger partial charge >= 0.3 is 0 Å². The van der Waals surface area contributed by atoms with E-state index in [9.17, 15) is 4.39 Å². The molecule has 0 bridgehead atoms. The zero-order valence-corrected chi connectivity index (χ0v) is 13.5. The van der Waals surface area contributed by atoms with Gasteiger partial charge in [-0.1, -0.05) is 13.0 Å². The Balaban J connectivity index is 2.31. The maximum absolute atomic E-state index is 13.7. The Morgan fingerprint density at radius 2 is 2.14 bits per heavy atom. The number of benzene rings is 1. The Labute approximate surface area is 127 Å². The Bertz CT molecular complexity index is 463. The topological polar surface area (TPSA) is 32.5 Å². The van der Waals surface area contributed by atoms with Gasteiger partial charge in [-0.15, -0.1) is 0 Å². The minimum atomic E-state index is -0.172. The summed E-state index contributed by atoms with van der Waals surface area (Å²) in [5, 5.41) is 0. The largest absolute Gasteiger partial charge is 0.329 e. The van der Waals surface area contributed by atoms with Gasteiger partial charge in [0.25, 0.3) is 0 Å². The lowest BCUT2D eigenvalue weighted by Gasteiger charge is -2.37. The van der Waals surface area contributed by atoms with Crippen LogP contribution >= 0.6 is 0 Å². The maximum Gasteiger partial charge on any atom is 0.123 e. The lowest BCUT2D eigenvalue weighted by Crippen LogP contribution is -2.44. The summed E-state index contributed by atoms with van der Waals surface area (Å²) in [6.07, 6.45) is 2.23. The van der Waals surface area contributed by atoms with Crippen molar-refractivity contribution in [2.75, 3.05) is 33.2 Å². The van der Waals surface area contributed by atoms with Crippen LogP contribution in [0.25, 0.3) is 0 Å². The summed E-state index contributed by atoms with van der Waals surface area (Å²) in [4.78, 5) is 4.88. The van der Waals surface area contributed by atoms with Crippen LogP contribution in [0.1, 0.15) is 36.9 Å². The van der Waals surface area contributed by atoms with Crippen molar-refractivity contribution >= 4 is 0 Å². The third kappa shape index (κ3) is 3.82. The van der Waals surface area contributed by atoms with E-state index in [-0.39, 0.29) is 11.9 Å². The second kappa shape index (κ2) is 7.34. The van der Waals surface area contributed by atoms with Crippen molar-refractivity contribution in [2.24, 2.45) is 5.73 Å². The monoisotopic (exact) mass is 293 g/mol. The van der Waals surface area contributed by atoms with E-state index in [1.165, 1.54) is 6.07 Å². The number of likely N-dealkylation sites (N-methyl/N-ethyl adjacent to an activating group) is 1. The van der Waals surface area contributed by atoms with E-state index in [4.69, 9.17) is 5.73 Å². The third-order valence-corrected chi connectivity index (χ3v) is 4.64. The van der Waals surface area contributed by atoms with Gasteiger partial charge in [0.15, 0.2) is 0 Å². The van der Waals surface area contributed by atoms with E-state index in [1.54, 1.807) is 6.07 Å². The summed E-state index contributed by atoms with van der Waals surface area (Å²) in [6.45, 7) is 8.00. The van der Waals surface area contributed by atoms with Gasteiger partial charge in [0, 0.05) is 31.7 Å². The molecule has 0 spiro atoms. The van der Waals surface area contributed by atoms with Gasteiger partial charge in [0.05, 0.1) is 0 Å². The molecule has 118 valence electrons. The lowest BCUT2D eigenvalue weighted by atomic mass is 9.97. The van der Waals surface area contributed by atoms with Crippen LogP contribution < -0.4 is 5.73 Å². The standard InChI is InChI=1S/C17H28FN3/c1-4-15-12-20(3)8-5-9-21(15)17(11-19)16-10-14(18)7-6-13(16)2/h6-7,10,15,17H,4-5,8-9,11-12,19H2,1-3H3. The first-order valence-corrected chi connectivity index (χ1v) is 7.97. The highest BCUT2D eigenvalue weighted by molar-refractivity contribution is 5.30. The first-order valence-electron chi connectivity index (χ1n) is 7.97. The Morgan fingerprint density at radius 3 is 2.81 bits per heavy atom. The van der Waals surface area contributed by atoms with Crippen LogP contribution in [0.5, 0.6) is 0 Å². The molecule has 1 saturated heterocycles. The zero-order valence-electron chi connectivity index (χ0n) is 13.5. The minimum Gasteiger partial charge on any atom is -0.329 e. The van der Waals surface area contributed by atoms with E-state index in [0.29, 0.717) is 12.6 Å². The maximum atomic E-state index is 13.7. The van der Waals surface area contributed by atoms with Crippen LogP contribution in [0.2, 0.25) is 0 Å². The van der Waals surface area contributed by atoms with Crippen molar-refractivity contribution in [1.29, 1.82) is 0 Å². The van der Waals surface area contributed by atoms with Gasteiger partial charge in [0.2, 0.25) is 0 Å². The van der Waals surface area contributed by atoms with Crippen LogP contribution in [-0.4, -0.2) is 49.1 Å². The van der Waals surface area contributed by atoms with Crippen molar-refractivity contribution in [3.63, 3.8) is 0 Å². The Morgan fingerprint density at radius 1 is 1.38 bits per heavy atom. The molecule has 0 radical (unpaired) electrons. The molecule has 2 N–H and O–H groups in total. The molecular weight excluding hydrogens is 265 g/mol. The van der Waals surface area contributed by atoms with Crippen molar-refractivity contribution in [3.05, 3.63) is 35.1 Å². The summed E-state index contributed by atoms with van der Waals surface area (Å²) in [5.41, 5.74) is 8.25. The first kappa shape index (κ1) is 16.4. The quantitative estimate of drug-likeness (QED) is 0.926. The predicted octanol–water partition coefficient (Wildman–Crippen LogP) is 2.55. The lowest BCUT2D eigenvalue weighted by molar-refractivity contribution is 0.130. The van der Waals surface area contributed by atoms with Gasteiger partial charge in [-0.3, -0.25) is 4.90 Å². The van der Waals surface area contributed by atoms with Crippen LogP contribution in [0.4, 0.5) is 4.39 Å². The third-order valence-electron chi connectivity index (χ3n) is 4.64. The number of nitrogens with zero attached hydrogens (tertiary/aromatic N) is 2. The molecule has 0 aromatic heterocycles. The molecule has 2 atom stereocenters. The molecule has 1 aromatic carbocycles. The molecule has 2 unspecified atom stereocenters. The molecule has 3 nitrogen and oxygen atoms in total. The molecule has 1 fully saturated rings. The molecule has 1 aromatic rings. The van der Waals surface area contributed by atoms with E-state index in [2.05, 4.69) is 23.8 Å². The van der Waals surface area contributed by atoms with Crippen molar-refractivity contribution in [1.82, 2.24) is 9.80 Å². The number of hydrogen-bond acceptors (Lipinski definition) is 3. The van der Waals surface area contributed by atoms with Gasteiger partial charge in [-0.25, -0.2) is 4.39 Å². The SMILES string of the molecule is CCC1CN(C)CCCN1C(CN)c1cc(F)ccc1C. The molecule has 2 rings (SSSR count). The fraction of sp³-hybridized carbons (Fsp3) is 0.647. The fourth-order valence-electron chi connectivity index (χ4n) is 3.45. The minimum absolute atomic E-state index is 0.108. The van der Waals surface area contributed by atoms with Crippen LogP contribution in [-0.2, 0) is 0 Å². The second-order valence-corrected chi connectivity index (χ2v) is 6.17. The summed E-state index contributed by atoms with van der Waals surface area (Å²) in [5.74, 6) is -0.172. The summed E-state index contributed by atoms with van der Waals surface area (Å²) < 4.78 is 13.7. The van der Waals surface area contributed by atoms with E-state index < -0.39 is 0 Å². The molecule has 1 aliphatic rings. The second-order valence-electron chi connectivity index (χ2n) is 6.17. The molecule has 1 aliphatic heterocycles. The normalized spacial score (nSPS) is 23.0. The predicted molar refractivity (Wildman–Crippen MR) is 85.8 cm³/mol. The van der Waals surface area contributed by atoms with Crippen molar-refractivity contribution < 1.29 is 4.39 Å². The van der Waals surface area contributed by atoms with Gasteiger partial charge in [0.1, 0.15) is 5.82 Å². The summed E-state index contributed by atoms with van der Waals surface area (Å²) in [7, 11) is 2.18. The summed E-state index contributed by atoms with van der Waals surface area (Å²) in [6, 6.07) is 5.64. The van der Waals surface area contributed by atoms with Crippen LogP contribution in [0.15, 0.2) is 18.2 Å². The Hall–Kier alpha value is -0.970. The van der Waals surface area contributed by atoms with Crippen LogP contribution in [0.3, 0.4) is 0 Å². The Kier molecular flexibility index (Phi) is 5.73. The van der Waals surface area contributed by atoms with Gasteiger partial charge < -0.3 is 10.6 Å². The molecule has 4 heteroatoms. The van der Waals surface area contributed by atoms with Crippen LogP contribution in [0, 0.1) is 12.7 Å². The molecular formula is C17H28FN3. The van der Waals surface area contributed by atoms with E-state index in [0.717, 1.165) is 43.6 Å². The molecule has 1 heterocycles. The van der Waals surface area contributed by atoms with Gasteiger partial charge in [-0.05, 0) is 56.6 Å². The molecule has 0 aliphatic carbocycles. The number of hydrogen-bond donors (Lipinski definition) is 1. The van der Waals surface area contributed by atoms with E-state index >= 15 is 0 Å². The highest BCUT2D eigenvalue weighted by Crippen LogP contribution is 2.28. The molecule has 0 amide bonds. The number of halogens is 1. The zero-order chi connectivity index (χ0) is 15.4. The smallest absolute Gasteiger partial charge is 0.123 e. The van der Waals surface area contributed by atoms with E-state index in [1.807, 2.05) is 13.0 Å². The average molecular weight is 293 g/mol. The number of aryl methyl sites for hydroxylation is 1. The average Bonchev–Trinajstić information content (AvgIpc) is 2.65. The summed E-state index contributed by atoms with van der Waals surface area (Å²) >= 11 is 0. The first-order chi connectivity index (χ1) is 10.1. The highest BCUT2D eigenvalue weighted by Gasteiger charge is 2.29. The molecule has 0 saturated carbocycles. The molecule has 21 heavy (non-hydrogen) atoms. The highest BCUT2D eigenvalue weighted by atomic mass is 19.1. The van der Waals surface area contributed by atoms with Crippen molar-refractivity contribution in [3.8, 4) is 0 Å².